The van der Waals surface area contributed by atoms with Crippen LogP contribution in [0.4, 0.5) is 10.3 Å². The molecular formula is C22H30BFN4O2. The molecule has 6 nitrogen and oxygen atoms in total. The van der Waals surface area contributed by atoms with Crippen molar-refractivity contribution in [1.82, 2.24) is 14.6 Å². The van der Waals surface area contributed by atoms with E-state index in [9.17, 15) is 4.39 Å². The Balaban J connectivity index is 0.00000124. The first-order valence-corrected chi connectivity index (χ1v) is 10.4. The second-order valence-electron chi connectivity index (χ2n) is 8.18. The summed E-state index contributed by atoms with van der Waals surface area (Å²) in [6, 6.07) is 10.9. The van der Waals surface area contributed by atoms with E-state index in [0.717, 1.165) is 11.3 Å². The van der Waals surface area contributed by atoms with Gasteiger partial charge in [-0.2, -0.15) is 0 Å². The van der Waals surface area contributed by atoms with Crippen molar-refractivity contribution in [2.24, 2.45) is 0 Å². The van der Waals surface area contributed by atoms with E-state index in [1.807, 2.05) is 77.1 Å². The number of nitrogens with one attached hydrogen (secondary N) is 1. The predicted molar refractivity (Wildman–Crippen MR) is 119 cm³/mol. The van der Waals surface area contributed by atoms with Gasteiger partial charge >= 0.3 is 7.12 Å². The average molecular weight is 412 g/mol. The molecule has 0 amide bonds. The lowest BCUT2D eigenvalue weighted by atomic mass is 9.78. The normalized spacial score (nSPS) is 17.0. The van der Waals surface area contributed by atoms with Crippen LogP contribution in [-0.4, -0.2) is 32.9 Å². The number of nitrogens with zero attached hydrogens (tertiary/aromatic N) is 3. The van der Waals surface area contributed by atoms with Crippen LogP contribution < -0.4 is 10.8 Å². The standard InChI is InChI=1S/C20H24BFN4O2.C2H6/c1-13-7-6-8-17-24-25-18(26(13)17)23-12-14-9-10-15(11-16(14)22)21-27-19(2,3)20(4,5)28-21;1-2/h6-11H,12H2,1-5H3,(H,23,25);1-2H3. The topological polar surface area (TPSA) is 60.7 Å². The number of hydrogen-bond acceptors (Lipinski definition) is 5. The van der Waals surface area contributed by atoms with Crippen molar-refractivity contribution in [2.45, 2.75) is 66.2 Å². The van der Waals surface area contributed by atoms with Gasteiger partial charge in [0.25, 0.3) is 0 Å². The van der Waals surface area contributed by atoms with Gasteiger partial charge in [-0.05, 0) is 58.3 Å². The van der Waals surface area contributed by atoms with Gasteiger partial charge in [0.1, 0.15) is 5.82 Å². The number of halogens is 1. The number of rotatable bonds is 4. The molecule has 1 fully saturated rings. The molecule has 1 aliphatic rings. The minimum absolute atomic E-state index is 0.296. The van der Waals surface area contributed by atoms with Crippen LogP contribution in [0.25, 0.3) is 5.65 Å². The molecular weight excluding hydrogens is 382 g/mol. The number of pyridine rings is 1. The van der Waals surface area contributed by atoms with Crippen molar-refractivity contribution in [3.8, 4) is 0 Å². The molecule has 4 rings (SSSR count). The highest BCUT2D eigenvalue weighted by atomic mass is 19.1. The highest BCUT2D eigenvalue weighted by molar-refractivity contribution is 6.62. The zero-order valence-corrected chi connectivity index (χ0v) is 18.8. The third kappa shape index (κ3) is 4.07. The third-order valence-electron chi connectivity index (χ3n) is 5.66. The molecule has 3 heterocycles. The summed E-state index contributed by atoms with van der Waals surface area (Å²) in [4.78, 5) is 0. The molecule has 1 aliphatic heterocycles. The fourth-order valence-corrected chi connectivity index (χ4v) is 3.22. The average Bonchev–Trinajstić information content (AvgIpc) is 3.21. The van der Waals surface area contributed by atoms with Gasteiger partial charge in [-0.25, -0.2) is 4.39 Å². The van der Waals surface area contributed by atoms with Crippen molar-refractivity contribution in [3.63, 3.8) is 0 Å². The summed E-state index contributed by atoms with van der Waals surface area (Å²) in [5, 5.41) is 11.5. The quantitative estimate of drug-likeness (QED) is 0.654. The first-order chi connectivity index (χ1) is 14.2. The molecule has 0 bridgehead atoms. The number of aromatic nitrogens is 3. The minimum Gasteiger partial charge on any atom is -0.399 e. The maximum atomic E-state index is 14.7. The molecule has 1 saturated heterocycles. The predicted octanol–water partition coefficient (Wildman–Crippen LogP) is 4.11. The number of aryl methyl sites for hydroxylation is 1. The van der Waals surface area contributed by atoms with Gasteiger partial charge in [-0.3, -0.25) is 4.40 Å². The zero-order chi connectivity index (χ0) is 22.1. The molecule has 3 aromatic rings. The molecule has 1 aromatic carbocycles. The van der Waals surface area contributed by atoms with Crippen LogP contribution in [0.2, 0.25) is 0 Å². The summed E-state index contributed by atoms with van der Waals surface area (Å²) in [6.45, 7) is 14.2. The smallest absolute Gasteiger partial charge is 0.399 e. The number of hydrogen-bond donors (Lipinski definition) is 1. The molecule has 0 unspecified atom stereocenters. The molecule has 0 atom stereocenters. The van der Waals surface area contributed by atoms with E-state index in [2.05, 4.69) is 15.5 Å². The highest BCUT2D eigenvalue weighted by Crippen LogP contribution is 2.36. The van der Waals surface area contributed by atoms with Crippen molar-refractivity contribution >= 4 is 24.2 Å². The van der Waals surface area contributed by atoms with Gasteiger partial charge in [-0.15, -0.1) is 10.2 Å². The van der Waals surface area contributed by atoms with E-state index in [4.69, 9.17) is 9.31 Å². The maximum absolute atomic E-state index is 14.7. The van der Waals surface area contributed by atoms with E-state index in [1.54, 1.807) is 6.07 Å². The number of anilines is 1. The van der Waals surface area contributed by atoms with Gasteiger partial charge in [-0.1, -0.05) is 32.0 Å². The first-order valence-electron chi connectivity index (χ1n) is 10.4. The summed E-state index contributed by atoms with van der Waals surface area (Å²) < 4.78 is 28.6. The summed E-state index contributed by atoms with van der Waals surface area (Å²) in [5.41, 5.74) is 2.04. The molecule has 0 aliphatic carbocycles. The molecule has 0 spiro atoms. The Bertz CT molecular complexity index is 1020. The molecule has 2 aromatic heterocycles. The van der Waals surface area contributed by atoms with Crippen LogP contribution in [0.3, 0.4) is 0 Å². The van der Waals surface area contributed by atoms with Crippen molar-refractivity contribution in [2.75, 3.05) is 5.32 Å². The lowest BCUT2D eigenvalue weighted by molar-refractivity contribution is 0.00578. The van der Waals surface area contributed by atoms with Crippen LogP contribution in [0, 0.1) is 12.7 Å². The van der Waals surface area contributed by atoms with Crippen LogP contribution in [0.5, 0.6) is 0 Å². The van der Waals surface area contributed by atoms with Gasteiger partial charge < -0.3 is 14.6 Å². The Kier molecular flexibility index (Phi) is 6.20. The van der Waals surface area contributed by atoms with Gasteiger partial charge in [0.05, 0.1) is 11.2 Å². The lowest BCUT2D eigenvalue weighted by Gasteiger charge is -2.32. The van der Waals surface area contributed by atoms with Crippen LogP contribution >= 0.6 is 0 Å². The molecule has 0 saturated carbocycles. The van der Waals surface area contributed by atoms with E-state index in [-0.39, 0.29) is 5.82 Å². The Labute approximate surface area is 177 Å². The summed E-state index contributed by atoms with van der Waals surface area (Å²) >= 11 is 0. The van der Waals surface area contributed by atoms with E-state index in [0.29, 0.717) is 23.5 Å². The Morgan fingerprint density at radius 3 is 2.33 bits per heavy atom. The van der Waals surface area contributed by atoms with Crippen molar-refractivity contribution in [3.05, 3.63) is 53.5 Å². The SMILES string of the molecule is CC.Cc1cccc2nnc(NCc3ccc(B4OC(C)(C)C(C)(C)O4)cc3F)n12. The monoisotopic (exact) mass is 412 g/mol. The van der Waals surface area contributed by atoms with Crippen LogP contribution in [-0.2, 0) is 15.9 Å². The number of benzene rings is 1. The zero-order valence-electron chi connectivity index (χ0n) is 18.8. The largest absolute Gasteiger partial charge is 0.494 e. The van der Waals surface area contributed by atoms with Crippen molar-refractivity contribution in [1.29, 1.82) is 0 Å². The van der Waals surface area contributed by atoms with E-state index in [1.165, 1.54) is 6.07 Å². The molecule has 160 valence electrons. The maximum Gasteiger partial charge on any atom is 0.494 e. The fourth-order valence-electron chi connectivity index (χ4n) is 3.22. The van der Waals surface area contributed by atoms with E-state index < -0.39 is 18.3 Å². The lowest BCUT2D eigenvalue weighted by Crippen LogP contribution is -2.41. The van der Waals surface area contributed by atoms with Gasteiger partial charge in [0, 0.05) is 17.8 Å². The fraction of sp³-hybridized carbons (Fsp3) is 0.455. The summed E-state index contributed by atoms with van der Waals surface area (Å²) in [5.74, 6) is 0.271. The second kappa shape index (κ2) is 8.36. The molecule has 8 heteroatoms. The van der Waals surface area contributed by atoms with Crippen molar-refractivity contribution < 1.29 is 13.7 Å². The van der Waals surface area contributed by atoms with Gasteiger partial charge in [0.15, 0.2) is 5.65 Å². The third-order valence-corrected chi connectivity index (χ3v) is 5.66. The van der Waals surface area contributed by atoms with E-state index >= 15 is 0 Å². The second-order valence-corrected chi connectivity index (χ2v) is 8.18. The first kappa shape index (κ1) is 22.2. The summed E-state index contributed by atoms with van der Waals surface area (Å²) in [6.07, 6.45) is 0. The Hall–Kier alpha value is -2.45. The Morgan fingerprint density at radius 1 is 1.03 bits per heavy atom. The number of fused-ring (bicyclic) bond motifs is 1. The highest BCUT2D eigenvalue weighted by Gasteiger charge is 2.51. The summed E-state index contributed by atoms with van der Waals surface area (Å²) in [7, 11) is -0.579. The van der Waals surface area contributed by atoms with Crippen LogP contribution in [0.1, 0.15) is 52.8 Å². The molecule has 30 heavy (non-hydrogen) atoms. The molecule has 0 radical (unpaired) electrons. The van der Waals surface area contributed by atoms with Crippen LogP contribution in [0.15, 0.2) is 36.4 Å². The molecule has 1 N–H and O–H groups in total. The van der Waals surface area contributed by atoms with Gasteiger partial charge in [0.2, 0.25) is 5.95 Å². The Morgan fingerprint density at radius 2 is 1.70 bits per heavy atom. The minimum atomic E-state index is -0.579.